The first kappa shape index (κ1) is 5.16. The molecule has 5 heteroatoms. The second-order valence-electron chi connectivity index (χ2n) is 1.78. The summed E-state index contributed by atoms with van der Waals surface area (Å²) in [5.41, 5.74) is 0.751. The maximum absolute atomic E-state index is 3.91. The number of aromatic nitrogens is 5. The van der Waals surface area contributed by atoms with E-state index in [1.807, 2.05) is 6.07 Å². The first-order valence-corrected chi connectivity index (χ1v) is 2.83. The molecule has 0 aliphatic rings. The minimum atomic E-state index is 0.612. The molecule has 0 aromatic carbocycles. The maximum atomic E-state index is 3.91. The van der Waals surface area contributed by atoms with Crippen molar-refractivity contribution in [1.82, 2.24) is 25.4 Å². The highest BCUT2D eigenvalue weighted by atomic mass is 15.2. The van der Waals surface area contributed by atoms with Crippen LogP contribution in [0, 0.1) is 0 Å². The molecule has 0 amide bonds. The third-order valence-corrected chi connectivity index (χ3v) is 1.14. The number of hydrogen-bond donors (Lipinski definition) is 2. The van der Waals surface area contributed by atoms with Crippen LogP contribution < -0.4 is 0 Å². The van der Waals surface area contributed by atoms with Gasteiger partial charge in [0.2, 0.25) is 5.82 Å². The molecule has 2 N–H and O–H groups in total. The Kier molecular flexibility index (Phi) is 1.00. The van der Waals surface area contributed by atoms with Crippen LogP contribution in [0.2, 0.25) is 0 Å². The molecule has 5 nitrogen and oxygen atoms in total. The second-order valence-corrected chi connectivity index (χ2v) is 1.78. The zero-order valence-corrected chi connectivity index (χ0v) is 5.07. The lowest BCUT2D eigenvalue weighted by Crippen LogP contribution is -1.79. The lowest BCUT2D eigenvalue weighted by Gasteiger charge is -1.80. The van der Waals surface area contributed by atoms with Crippen molar-refractivity contribution in [2.24, 2.45) is 0 Å². The molecule has 2 heterocycles. The van der Waals surface area contributed by atoms with Crippen LogP contribution in [0.5, 0.6) is 0 Å². The van der Waals surface area contributed by atoms with Crippen LogP contribution in [0.25, 0.3) is 11.5 Å². The van der Waals surface area contributed by atoms with Crippen LogP contribution in [-0.2, 0) is 0 Å². The van der Waals surface area contributed by atoms with Crippen molar-refractivity contribution < 1.29 is 0 Å². The van der Waals surface area contributed by atoms with Gasteiger partial charge in [0.25, 0.3) is 0 Å². The van der Waals surface area contributed by atoms with Crippen molar-refractivity contribution in [3.05, 3.63) is 18.6 Å². The van der Waals surface area contributed by atoms with Gasteiger partial charge >= 0.3 is 0 Å². The number of nitrogens with zero attached hydrogens (tertiary/aromatic N) is 3. The predicted octanol–water partition coefficient (Wildman–Crippen LogP) is 0.195. The van der Waals surface area contributed by atoms with E-state index in [2.05, 4.69) is 25.4 Å². The molecule has 0 radical (unpaired) electrons. The Hall–Kier alpha value is -1.65. The lowest BCUT2D eigenvalue weighted by atomic mass is 10.4. The van der Waals surface area contributed by atoms with Crippen molar-refractivity contribution >= 4 is 0 Å². The number of hydrogen-bond acceptors (Lipinski definition) is 3. The van der Waals surface area contributed by atoms with Gasteiger partial charge in [0.1, 0.15) is 12.0 Å². The Morgan fingerprint density at radius 2 is 2.20 bits per heavy atom. The fourth-order valence-corrected chi connectivity index (χ4v) is 0.717. The highest BCUT2D eigenvalue weighted by Gasteiger charge is 2.00. The van der Waals surface area contributed by atoms with Crippen LogP contribution in [-0.4, -0.2) is 25.4 Å². The van der Waals surface area contributed by atoms with Gasteiger partial charge in [0.15, 0.2) is 0 Å². The summed E-state index contributed by atoms with van der Waals surface area (Å²) in [6.45, 7) is 0. The predicted molar refractivity (Wildman–Crippen MR) is 34.0 cm³/mol. The molecule has 0 atom stereocenters. The number of nitrogens with one attached hydrogen (secondary N) is 2. The molecule has 0 fully saturated rings. The first-order valence-electron chi connectivity index (χ1n) is 2.83. The van der Waals surface area contributed by atoms with E-state index in [4.69, 9.17) is 0 Å². The van der Waals surface area contributed by atoms with Gasteiger partial charge in [-0.05, 0) is 6.07 Å². The Morgan fingerprint density at radius 1 is 1.20 bits per heavy atom. The van der Waals surface area contributed by atoms with Gasteiger partial charge in [-0.1, -0.05) is 0 Å². The summed E-state index contributed by atoms with van der Waals surface area (Å²) in [6, 6.07) is 1.81. The van der Waals surface area contributed by atoms with Gasteiger partial charge in [-0.2, -0.15) is 10.2 Å². The smallest absolute Gasteiger partial charge is 0.201 e. The van der Waals surface area contributed by atoms with Crippen molar-refractivity contribution in [3.63, 3.8) is 0 Å². The van der Waals surface area contributed by atoms with Crippen molar-refractivity contribution in [2.45, 2.75) is 0 Å². The molecule has 0 aliphatic carbocycles. The average Bonchev–Trinajstić information content (AvgIpc) is 2.59. The van der Waals surface area contributed by atoms with Crippen LogP contribution in [0.1, 0.15) is 0 Å². The van der Waals surface area contributed by atoms with Gasteiger partial charge in [0.05, 0.1) is 0 Å². The van der Waals surface area contributed by atoms with E-state index < -0.39 is 0 Å². The van der Waals surface area contributed by atoms with E-state index in [1.165, 1.54) is 6.33 Å². The number of H-pyrrole nitrogens is 2. The quantitative estimate of drug-likeness (QED) is 0.586. The molecule has 50 valence electrons. The van der Waals surface area contributed by atoms with Crippen LogP contribution >= 0.6 is 0 Å². The van der Waals surface area contributed by atoms with Gasteiger partial charge < -0.3 is 0 Å². The van der Waals surface area contributed by atoms with E-state index in [0.717, 1.165) is 5.69 Å². The summed E-state index contributed by atoms with van der Waals surface area (Å²) in [5.74, 6) is 0.612. The molecular formula is C5H5N5. The van der Waals surface area contributed by atoms with E-state index >= 15 is 0 Å². The minimum Gasteiger partial charge on any atom is -0.285 e. The fourth-order valence-electron chi connectivity index (χ4n) is 0.717. The molecule has 0 unspecified atom stereocenters. The molecule has 2 rings (SSSR count). The third-order valence-electron chi connectivity index (χ3n) is 1.14. The molecule has 0 aliphatic heterocycles. The molecular weight excluding hydrogens is 130 g/mol. The van der Waals surface area contributed by atoms with Crippen molar-refractivity contribution in [1.29, 1.82) is 0 Å². The Balaban J connectivity index is 2.48. The average molecular weight is 135 g/mol. The molecule has 0 spiro atoms. The molecule has 0 saturated carbocycles. The summed E-state index contributed by atoms with van der Waals surface area (Å²) < 4.78 is 0. The third kappa shape index (κ3) is 0.680. The van der Waals surface area contributed by atoms with Gasteiger partial charge in [0, 0.05) is 6.20 Å². The number of rotatable bonds is 1. The van der Waals surface area contributed by atoms with Gasteiger partial charge in [-0.3, -0.25) is 10.2 Å². The standard InChI is InChI=1S/C5H5N5/c1-2-7-9-4(1)5-6-3-8-10-5/h1-3H,(H,7,9)(H,6,8,10). The maximum Gasteiger partial charge on any atom is 0.201 e. The zero-order valence-electron chi connectivity index (χ0n) is 5.07. The van der Waals surface area contributed by atoms with Crippen LogP contribution in [0.4, 0.5) is 0 Å². The SMILES string of the molecule is c1cc(-c2nc[nH]n2)n[nH]1. The Labute approximate surface area is 56.5 Å². The Bertz CT molecular complexity index is 249. The second kappa shape index (κ2) is 1.94. The van der Waals surface area contributed by atoms with Crippen molar-refractivity contribution in [3.8, 4) is 11.5 Å². The monoisotopic (exact) mass is 135 g/mol. The van der Waals surface area contributed by atoms with E-state index in [9.17, 15) is 0 Å². The van der Waals surface area contributed by atoms with Gasteiger partial charge in [-0.25, -0.2) is 4.98 Å². The summed E-state index contributed by atoms with van der Waals surface area (Å²) in [6.07, 6.45) is 3.25. The van der Waals surface area contributed by atoms with E-state index in [-0.39, 0.29) is 0 Å². The first-order chi connectivity index (χ1) is 4.97. The highest BCUT2D eigenvalue weighted by Crippen LogP contribution is 2.06. The molecule has 2 aromatic rings. The van der Waals surface area contributed by atoms with E-state index in [1.54, 1.807) is 6.20 Å². The summed E-state index contributed by atoms with van der Waals surface area (Å²) in [4.78, 5) is 3.91. The molecule has 10 heavy (non-hydrogen) atoms. The highest BCUT2D eigenvalue weighted by molar-refractivity contribution is 5.45. The number of aromatic amines is 2. The topological polar surface area (TPSA) is 70.2 Å². The van der Waals surface area contributed by atoms with Crippen LogP contribution in [0.3, 0.4) is 0 Å². The minimum absolute atomic E-state index is 0.612. The lowest BCUT2D eigenvalue weighted by molar-refractivity contribution is 1.05. The Morgan fingerprint density at radius 3 is 2.80 bits per heavy atom. The molecule has 2 aromatic heterocycles. The zero-order chi connectivity index (χ0) is 6.81. The van der Waals surface area contributed by atoms with E-state index in [0.29, 0.717) is 5.82 Å². The van der Waals surface area contributed by atoms with Crippen LogP contribution in [0.15, 0.2) is 18.6 Å². The molecule has 0 saturated heterocycles. The van der Waals surface area contributed by atoms with Gasteiger partial charge in [-0.15, -0.1) is 0 Å². The summed E-state index contributed by atoms with van der Waals surface area (Å²) in [7, 11) is 0. The fraction of sp³-hybridized carbons (Fsp3) is 0. The van der Waals surface area contributed by atoms with Crippen molar-refractivity contribution in [2.75, 3.05) is 0 Å². The summed E-state index contributed by atoms with van der Waals surface area (Å²) in [5, 5.41) is 13.0. The summed E-state index contributed by atoms with van der Waals surface area (Å²) >= 11 is 0. The molecule has 0 bridgehead atoms. The largest absolute Gasteiger partial charge is 0.285 e. The normalized spacial score (nSPS) is 10.0.